The predicted molar refractivity (Wildman–Crippen MR) is 82.3 cm³/mol. The van der Waals surface area contributed by atoms with Crippen molar-refractivity contribution in [3.05, 3.63) is 29.3 Å². The van der Waals surface area contributed by atoms with Crippen molar-refractivity contribution in [1.82, 2.24) is 9.80 Å². The van der Waals surface area contributed by atoms with E-state index in [0.29, 0.717) is 0 Å². The number of fused-ring (bicyclic) bond motifs is 1. The largest absolute Gasteiger partial charge is 0.496 e. The molecule has 110 valence electrons. The summed E-state index contributed by atoms with van der Waals surface area (Å²) in [5.41, 5.74) is 2.87. The maximum absolute atomic E-state index is 5.48. The molecular formula is C17H26N2O. The zero-order chi connectivity index (χ0) is 13.8. The number of piperidine rings is 1. The minimum Gasteiger partial charge on any atom is -0.496 e. The highest BCUT2D eigenvalue weighted by Gasteiger charge is 2.19. The first-order chi connectivity index (χ1) is 9.86. The third-order valence-electron chi connectivity index (χ3n) is 4.70. The summed E-state index contributed by atoms with van der Waals surface area (Å²) in [5.74, 6) is 1.07. The molecule has 0 unspecified atom stereocenters. The van der Waals surface area contributed by atoms with Crippen molar-refractivity contribution in [2.45, 2.75) is 32.2 Å². The summed E-state index contributed by atoms with van der Waals surface area (Å²) in [6.45, 7) is 7.30. The number of hydrogen-bond acceptors (Lipinski definition) is 3. The van der Waals surface area contributed by atoms with Crippen molar-refractivity contribution in [2.75, 3.05) is 39.8 Å². The highest BCUT2D eigenvalue weighted by molar-refractivity contribution is 5.41. The highest BCUT2D eigenvalue weighted by Crippen LogP contribution is 2.27. The summed E-state index contributed by atoms with van der Waals surface area (Å²) in [5, 5.41) is 0. The Bertz CT molecular complexity index is 441. The second-order valence-electron chi connectivity index (χ2n) is 6.03. The van der Waals surface area contributed by atoms with Gasteiger partial charge >= 0.3 is 0 Å². The Balaban J connectivity index is 1.55. The fourth-order valence-corrected chi connectivity index (χ4v) is 3.48. The minimum atomic E-state index is 1.07. The van der Waals surface area contributed by atoms with Gasteiger partial charge in [0.05, 0.1) is 7.11 Å². The van der Waals surface area contributed by atoms with Crippen LogP contribution in [0, 0.1) is 0 Å². The van der Waals surface area contributed by atoms with Crippen LogP contribution in [0.3, 0.4) is 0 Å². The summed E-state index contributed by atoms with van der Waals surface area (Å²) < 4.78 is 5.48. The summed E-state index contributed by atoms with van der Waals surface area (Å²) in [6.07, 6.45) is 5.33. The van der Waals surface area contributed by atoms with Crippen LogP contribution in [0.25, 0.3) is 0 Å². The van der Waals surface area contributed by atoms with Crippen LogP contribution in [0.5, 0.6) is 5.75 Å². The zero-order valence-corrected chi connectivity index (χ0v) is 12.6. The molecule has 2 aliphatic heterocycles. The quantitative estimate of drug-likeness (QED) is 0.839. The average Bonchev–Trinajstić information content (AvgIpc) is 2.53. The Kier molecular flexibility index (Phi) is 4.58. The molecule has 0 spiro atoms. The predicted octanol–water partition coefficient (Wildman–Crippen LogP) is 2.54. The van der Waals surface area contributed by atoms with Gasteiger partial charge < -0.3 is 9.64 Å². The van der Waals surface area contributed by atoms with E-state index in [1.165, 1.54) is 63.1 Å². The van der Waals surface area contributed by atoms with Crippen LogP contribution in [0.15, 0.2) is 18.2 Å². The average molecular weight is 274 g/mol. The number of nitrogens with zero attached hydrogens (tertiary/aromatic N) is 2. The van der Waals surface area contributed by atoms with Gasteiger partial charge in [0.2, 0.25) is 0 Å². The number of hydrogen-bond donors (Lipinski definition) is 0. The van der Waals surface area contributed by atoms with Gasteiger partial charge in [-0.1, -0.05) is 18.6 Å². The van der Waals surface area contributed by atoms with Crippen molar-refractivity contribution in [2.24, 2.45) is 0 Å². The second kappa shape index (κ2) is 6.59. The molecule has 0 atom stereocenters. The molecule has 2 heterocycles. The lowest BCUT2D eigenvalue weighted by Crippen LogP contribution is -2.39. The molecule has 0 N–H and O–H groups in total. The highest BCUT2D eigenvalue weighted by atomic mass is 16.5. The molecule has 1 aromatic rings. The molecule has 0 radical (unpaired) electrons. The molecule has 20 heavy (non-hydrogen) atoms. The van der Waals surface area contributed by atoms with E-state index in [-0.39, 0.29) is 0 Å². The van der Waals surface area contributed by atoms with Gasteiger partial charge in [-0.2, -0.15) is 0 Å². The van der Waals surface area contributed by atoms with Gasteiger partial charge in [0.15, 0.2) is 0 Å². The van der Waals surface area contributed by atoms with Crippen LogP contribution < -0.4 is 4.74 Å². The van der Waals surface area contributed by atoms with Gasteiger partial charge in [-0.05, 0) is 49.5 Å². The molecule has 1 saturated heterocycles. The number of benzene rings is 1. The topological polar surface area (TPSA) is 15.7 Å². The normalized spacial score (nSPS) is 20.6. The van der Waals surface area contributed by atoms with E-state index in [4.69, 9.17) is 4.74 Å². The van der Waals surface area contributed by atoms with Crippen molar-refractivity contribution in [3.8, 4) is 5.75 Å². The Hall–Kier alpha value is -1.06. The van der Waals surface area contributed by atoms with E-state index in [1.807, 2.05) is 0 Å². The van der Waals surface area contributed by atoms with Crippen LogP contribution >= 0.6 is 0 Å². The monoisotopic (exact) mass is 274 g/mol. The fourth-order valence-electron chi connectivity index (χ4n) is 3.48. The smallest absolute Gasteiger partial charge is 0.122 e. The Labute approximate surface area is 122 Å². The van der Waals surface area contributed by atoms with Gasteiger partial charge in [-0.15, -0.1) is 0 Å². The van der Waals surface area contributed by atoms with Crippen molar-refractivity contribution in [1.29, 1.82) is 0 Å². The SMILES string of the molecule is COc1cccc2c1CCN(CCN1CCCCC1)C2. The fraction of sp³-hybridized carbons (Fsp3) is 0.647. The molecule has 1 fully saturated rings. The molecule has 0 saturated carbocycles. The lowest BCUT2D eigenvalue weighted by Gasteiger charge is -2.33. The maximum Gasteiger partial charge on any atom is 0.122 e. The first-order valence-electron chi connectivity index (χ1n) is 7.96. The Morgan fingerprint density at radius 2 is 1.80 bits per heavy atom. The van der Waals surface area contributed by atoms with Gasteiger partial charge in [0.25, 0.3) is 0 Å². The molecule has 0 amide bonds. The number of likely N-dealkylation sites (tertiary alicyclic amines) is 1. The van der Waals surface area contributed by atoms with Crippen LogP contribution in [0.1, 0.15) is 30.4 Å². The third kappa shape index (κ3) is 3.15. The van der Waals surface area contributed by atoms with Crippen LogP contribution in [-0.4, -0.2) is 49.6 Å². The minimum absolute atomic E-state index is 1.07. The van der Waals surface area contributed by atoms with Gasteiger partial charge in [-0.3, -0.25) is 4.90 Å². The van der Waals surface area contributed by atoms with Gasteiger partial charge in [0.1, 0.15) is 5.75 Å². The van der Waals surface area contributed by atoms with Gasteiger partial charge in [-0.25, -0.2) is 0 Å². The Morgan fingerprint density at radius 1 is 1.00 bits per heavy atom. The molecule has 3 nitrogen and oxygen atoms in total. The third-order valence-corrected chi connectivity index (χ3v) is 4.70. The standard InChI is InChI=1S/C17H26N2O/c1-20-17-7-5-6-15-14-19(11-8-16(15)17)13-12-18-9-3-2-4-10-18/h5-7H,2-4,8-14H2,1H3. The van der Waals surface area contributed by atoms with E-state index in [0.717, 1.165) is 18.7 Å². The lowest BCUT2D eigenvalue weighted by atomic mass is 9.98. The van der Waals surface area contributed by atoms with Crippen molar-refractivity contribution in [3.63, 3.8) is 0 Å². The molecule has 1 aromatic carbocycles. The van der Waals surface area contributed by atoms with Crippen molar-refractivity contribution < 1.29 is 4.74 Å². The van der Waals surface area contributed by atoms with Crippen LogP contribution in [0.4, 0.5) is 0 Å². The first-order valence-corrected chi connectivity index (χ1v) is 7.96. The summed E-state index contributed by atoms with van der Waals surface area (Å²) >= 11 is 0. The van der Waals surface area contributed by atoms with E-state index in [1.54, 1.807) is 7.11 Å². The van der Waals surface area contributed by atoms with E-state index in [9.17, 15) is 0 Å². The summed E-state index contributed by atoms with van der Waals surface area (Å²) in [6, 6.07) is 6.46. The van der Waals surface area contributed by atoms with Gasteiger partial charge in [0, 0.05) is 26.2 Å². The zero-order valence-electron chi connectivity index (χ0n) is 12.6. The molecule has 3 heteroatoms. The Morgan fingerprint density at radius 3 is 2.60 bits per heavy atom. The lowest BCUT2D eigenvalue weighted by molar-refractivity contribution is 0.173. The van der Waals surface area contributed by atoms with Crippen LogP contribution in [-0.2, 0) is 13.0 Å². The second-order valence-corrected chi connectivity index (χ2v) is 6.03. The molecular weight excluding hydrogens is 248 g/mol. The number of rotatable bonds is 4. The maximum atomic E-state index is 5.48. The van der Waals surface area contributed by atoms with Crippen LogP contribution in [0.2, 0.25) is 0 Å². The summed E-state index contributed by atoms with van der Waals surface area (Å²) in [4.78, 5) is 5.22. The molecule has 2 aliphatic rings. The molecule has 0 bridgehead atoms. The number of ether oxygens (including phenoxy) is 1. The molecule has 3 rings (SSSR count). The number of methoxy groups -OCH3 is 1. The summed E-state index contributed by atoms with van der Waals surface area (Å²) in [7, 11) is 1.78. The van der Waals surface area contributed by atoms with E-state index in [2.05, 4.69) is 28.0 Å². The first kappa shape index (κ1) is 13.9. The van der Waals surface area contributed by atoms with Crippen molar-refractivity contribution >= 4 is 0 Å². The van der Waals surface area contributed by atoms with E-state index < -0.39 is 0 Å². The molecule has 0 aliphatic carbocycles. The molecule has 0 aromatic heterocycles. The van der Waals surface area contributed by atoms with E-state index >= 15 is 0 Å².